The summed E-state index contributed by atoms with van der Waals surface area (Å²) in [5.41, 5.74) is 3.63. The third-order valence-corrected chi connectivity index (χ3v) is 8.34. The van der Waals surface area contributed by atoms with Crippen LogP contribution in [0.1, 0.15) is 63.0 Å². The maximum absolute atomic E-state index is 13.0. The smallest absolute Gasteiger partial charge is 0.317 e. The zero-order valence-corrected chi connectivity index (χ0v) is 19.8. The molecular formula is C26H41N5O. The fourth-order valence-corrected chi connectivity index (χ4v) is 6.25. The van der Waals surface area contributed by atoms with Crippen molar-refractivity contribution < 1.29 is 0 Å². The molecule has 3 aliphatic heterocycles. The third kappa shape index (κ3) is 4.82. The molecule has 2 aromatic rings. The van der Waals surface area contributed by atoms with Gasteiger partial charge in [-0.25, -0.2) is 4.79 Å². The van der Waals surface area contributed by atoms with Crippen molar-refractivity contribution in [3.8, 4) is 0 Å². The van der Waals surface area contributed by atoms with Crippen LogP contribution < -0.4 is 16.3 Å². The van der Waals surface area contributed by atoms with Gasteiger partial charge in [0.2, 0.25) is 0 Å². The Balaban J connectivity index is 1.19. The molecule has 0 saturated carbocycles. The molecule has 4 heterocycles. The number of fused-ring (bicyclic) bond motifs is 1. The van der Waals surface area contributed by atoms with Crippen molar-refractivity contribution in [3.63, 3.8) is 0 Å². The van der Waals surface area contributed by atoms with E-state index in [4.69, 9.17) is 0 Å². The van der Waals surface area contributed by atoms with E-state index in [1.807, 2.05) is 16.2 Å². The number of benzene rings is 1. The van der Waals surface area contributed by atoms with Crippen LogP contribution in [0, 0.1) is 11.8 Å². The zero-order valence-electron chi connectivity index (χ0n) is 19.8. The Morgan fingerprint density at radius 2 is 1.66 bits per heavy atom. The quantitative estimate of drug-likeness (QED) is 0.726. The first-order valence-corrected chi connectivity index (χ1v) is 13.0. The minimum Gasteiger partial charge on any atom is -0.317 e. The van der Waals surface area contributed by atoms with E-state index in [1.165, 1.54) is 70.3 Å². The first kappa shape index (κ1) is 22.2. The molecular weight excluding hydrogens is 398 g/mol. The normalized spacial score (nSPS) is 24.3. The van der Waals surface area contributed by atoms with E-state index in [0.717, 1.165) is 55.3 Å². The highest BCUT2D eigenvalue weighted by Gasteiger charge is 2.23. The average Bonchev–Trinajstić information content (AvgIpc) is 3.09. The minimum atomic E-state index is 0.125. The first-order valence-electron chi connectivity index (χ1n) is 13.0. The largest absolute Gasteiger partial charge is 0.329 e. The van der Waals surface area contributed by atoms with Gasteiger partial charge in [0.05, 0.1) is 17.1 Å². The second-order valence-corrected chi connectivity index (χ2v) is 10.5. The number of nitrogens with one attached hydrogen (secondary N) is 2. The van der Waals surface area contributed by atoms with Gasteiger partial charge in [-0.1, -0.05) is 18.9 Å². The number of piperidine rings is 3. The van der Waals surface area contributed by atoms with Crippen LogP contribution in [-0.2, 0) is 13.6 Å². The van der Waals surface area contributed by atoms with Crippen molar-refractivity contribution >= 4 is 11.0 Å². The highest BCUT2D eigenvalue weighted by molar-refractivity contribution is 5.77. The zero-order chi connectivity index (χ0) is 21.9. The first-order chi connectivity index (χ1) is 15.7. The van der Waals surface area contributed by atoms with Gasteiger partial charge in [0.15, 0.2) is 0 Å². The Morgan fingerprint density at radius 1 is 0.906 bits per heavy atom. The van der Waals surface area contributed by atoms with Crippen molar-refractivity contribution in [1.82, 2.24) is 24.7 Å². The summed E-state index contributed by atoms with van der Waals surface area (Å²) in [5, 5.41) is 6.94. The molecule has 0 aliphatic carbocycles. The van der Waals surface area contributed by atoms with Gasteiger partial charge in [-0.05, 0) is 101 Å². The molecule has 3 saturated heterocycles. The van der Waals surface area contributed by atoms with Crippen LogP contribution in [0.5, 0.6) is 0 Å². The summed E-state index contributed by atoms with van der Waals surface area (Å²) in [7, 11) is 1.93. The van der Waals surface area contributed by atoms with E-state index in [0.29, 0.717) is 0 Å². The number of rotatable bonds is 6. The Labute approximate surface area is 192 Å². The second-order valence-electron chi connectivity index (χ2n) is 10.5. The number of likely N-dealkylation sites (tertiary alicyclic amines) is 1. The number of aromatic nitrogens is 2. The van der Waals surface area contributed by atoms with Crippen molar-refractivity contribution in [1.29, 1.82) is 0 Å². The number of imidazole rings is 1. The lowest BCUT2D eigenvalue weighted by Crippen LogP contribution is -2.36. The van der Waals surface area contributed by atoms with Gasteiger partial charge in [0, 0.05) is 20.1 Å². The Bertz CT molecular complexity index is 943. The maximum atomic E-state index is 13.0. The molecule has 6 heteroatoms. The molecule has 0 radical (unpaired) electrons. The molecule has 6 nitrogen and oxygen atoms in total. The van der Waals surface area contributed by atoms with Crippen LogP contribution in [0.3, 0.4) is 0 Å². The Morgan fingerprint density at radius 3 is 2.38 bits per heavy atom. The van der Waals surface area contributed by atoms with Gasteiger partial charge in [-0.15, -0.1) is 0 Å². The van der Waals surface area contributed by atoms with E-state index >= 15 is 0 Å². The van der Waals surface area contributed by atoms with Gasteiger partial charge in [-0.2, -0.15) is 0 Å². The van der Waals surface area contributed by atoms with E-state index in [9.17, 15) is 4.79 Å². The van der Waals surface area contributed by atoms with Crippen LogP contribution in [0.2, 0.25) is 0 Å². The lowest BCUT2D eigenvalue weighted by molar-refractivity contribution is 0.165. The monoisotopic (exact) mass is 439 g/mol. The number of hydrogen-bond acceptors (Lipinski definition) is 4. The van der Waals surface area contributed by atoms with Crippen molar-refractivity contribution in [2.45, 2.75) is 64.0 Å². The van der Waals surface area contributed by atoms with Gasteiger partial charge in [-0.3, -0.25) is 14.0 Å². The van der Waals surface area contributed by atoms with E-state index < -0.39 is 0 Å². The summed E-state index contributed by atoms with van der Waals surface area (Å²) in [6.07, 6.45) is 10.5. The van der Waals surface area contributed by atoms with Crippen molar-refractivity contribution in [2.75, 3.05) is 39.3 Å². The van der Waals surface area contributed by atoms with Gasteiger partial charge < -0.3 is 10.6 Å². The lowest BCUT2D eigenvalue weighted by Gasteiger charge is -2.33. The predicted molar refractivity (Wildman–Crippen MR) is 131 cm³/mol. The van der Waals surface area contributed by atoms with Crippen molar-refractivity contribution in [3.05, 3.63) is 34.2 Å². The standard InChI is InChI=1S/C26H41N5O/c1-29-25-17-22(6-7-24(25)31(26(29)32)23-3-2-12-28-18-23)19-30-15-10-21(11-16-30)5-4-20-8-13-27-14-9-20/h6-7,17,20-21,23,27-28H,2-5,8-16,18-19H2,1H3. The molecule has 32 heavy (non-hydrogen) atoms. The molecule has 5 rings (SSSR count). The molecule has 0 spiro atoms. The van der Waals surface area contributed by atoms with Gasteiger partial charge in [0.25, 0.3) is 0 Å². The minimum absolute atomic E-state index is 0.125. The lowest BCUT2D eigenvalue weighted by atomic mass is 9.85. The van der Waals surface area contributed by atoms with Crippen molar-refractivity contribution in [2.24, 2.45) is 18.9 Å². The molecule has 0 bridgehead atoms. The molecule has 1 aromatic carbocycles. The topological polar surface area (TPSA) is 54.2 Å². The number of aryl methyl sites for hydroxylation is 1. The summed E-state index contributed by atoms with van der Waals surface area (Å²) in [4.78, 5) is 15.6. The molecule has 0 amide bonds. The summed E-state index contributed by atoms with van der Waals surface area (Å²) in [6, 6.07) is 6.96. The molecule has 1 unspecified atom stereocenters. The van der Waals surface area contributed by atoms with Gasteiger partial charge in [0.1, 0.15) is 0 Å². The van der Waals surface area contributed by atoms with Crippen LogP contribution >= 0.6 is 0 Å². The average molecular weight is 440 g/mol. The van der Waals surface area contributed by atoms with Crippen LogP contribution in [0.15, 0.2) is 23.0 Å². The van der Waals surface area contributed by atoms with E-state index in [2.05, 4.69) is 33.7 Å². The molecule has 2 N–H and O–H groups in total. The fraction of sp³-hybridized carbons (Fsp3) is 0.731. The summed E-state index contributed by atoms with van der Waals surface area (Å²) < 4.78 is 3.87. The summed E-state index contributed by atoms with van der Waals surface area (Å²) in [6.45, 7) is 7.83. The Hall–Kier alpha value is -1.63. The van der Waals surface area contributed by atoms with Crippen LogP contribution in [0.4, 0.5) is 0 Å². The summed E-state index contributed by atoms with van der Waals surface area (Å²) in [5.74, 6) is 1.88. The SMILES string of the molecule is Cn1c(=O)n(C2CCCNC2)c2ccc(CN3CCC(CCC4CCNCC4)CC3)cc21. The number of nitrogens with zero attached hydrogens (tertiary/aromatic N) is 3. The second kappa shape index (κ2) is 10.1. The van der Waals surface area contributed by atoms with E-state index in [1.54, 1.807) is 0 Å². The Kier molecular flexibility index (Phi) is 7.00. The van der Waals surface area contributed by atoms with Gasteiger partial charge >= 0.3 is 5.69 Å². The fourth-order valence-electron chi connectivity index (χ4n) is 6.25. The maximum Gasteiger partial charge on any atom is 0.329 e. The van der Waals surface area contributed by atoms with Crippen LogP contribution in [0.25, 0.3) is 11.0 Å². The molecule has 3 aliphatic rings. The highest BCUT2D eigenvalue weighted by atomic mass is 16.1. The molecule has 176 valence electrons. The van der Waals surface area contributed by atoms with Crippen LogP contribution in [-0.4, -0.2) is 53.3 Å². The predicted octanol–water partition coefficient (Wildman–Crippen LogP) is 3.26. The van der Waals surface area contributed by atoms with E-state index in [-0.39, 0.29) is 11.7 Å². The highest BCUT2D eigenvalue weighted by Crippen LogP contribution is 2.28. The molecule has 3 fully saturated rings. The number of hydrogen-bond donors (Lipinski definition) is 2. The molecule has 1 atom stereocenters. The molecule has 1 aromatic heterocycles. The third-order valence-electron chi connectivity index (χ3n) is 8.34. The summed E-state index contributed by atoms with van der Waals surface area (Å²) >= 11 is 0.